The van der Waals surface area contributed by atoms with Gasteiger partial charge in [0.05, 0.1) is 5.92 Å². The average Bonchev–Trinajstić information content (AvgIpc) is 2.92. The zero-order valence-electron chi connectivity index (χ0n) is 11.8. The van der Waals surface area contributed by atoms with Crippen molar-refractivity contribution in [3.63, 3.8) is 0 Å². The van der Waals surface area contributed by atoms with Gasteiger partial charge in [-0.3, -0.25) is 9.59 Å². The van der Waals surface area contributed by atoms with Crippen LogP contribution in [-0.2, 0) is 9.59 Å². The van der Waals surface area contributed by atoms with Crippen molar-refractivity contribution in [1.82, 2.24) is 15.5 Å². The van der Waals surface area contributed by atoms with Crippen molar-refractivity contribution in [3.05, 3.63) is 0 Å². The van der Waals surface area contributed by atoms with Crippen molar-refractivity contribution >= 4 is 11.8 Å². The highest BCUT2D eigenvalue weighted by Gasteiger charge is 2.30. The maximum Gasteiger partial charge on any atom is 0.227 e. The second-order valence-corrected chi connectivity index (χ2v) is 5.63. The van der Waals surface area contributed by atoms with E-state index in [2.05, 4.69) is 10.6 Å². The highest BCUT2D eigenvalue weighted by atomic mass is 16.2. The molecule has 108 valence electrons. The summed E-state index contributed by atoms with van der Waals surface area (Å²) < 4.78 is 0. The highest BCUT2D eigenvalue weighted by Crippen LogP contribution is 2.17. The highest BCUT2D eigenvalue weighted by molar-refractivity contribution is 5.80. The number of amides is 2. The van der Waals surface area contributed by atoms with E-state index in [-0.39, 0.29) is 23.8 Å². The Hall–Kier alpha value is -1.10. The van der Waals surface area contributed by atoms with E-state index < -0.39 is 0 Å². The van der Waals surface area contributed by atoms with Crippen LogP contribution in [-0.4, -0.2) is 48.9 Å². The van der Waals surface area contributed by atoms with Crippen molar-refractivity contribution < 1.29 is 9.59 Å². The van der Waals surface area contributed by atoms with E-state index in [0.717, 1.165) is 45.3 Å². The summed E-state index contributed by atoms with van der Waals surface area (Å²) in [6, 6.07) is 0.145. The third kappa shape index (κ3) is 3.93. The fourth-order valence-corrected chi connectivity index (χ4v) is 2.95. The van der Waals surface area contributed by atoms with Gasteiger partial charge in [-0.15, -0.1) is 0 Å². The number of nitrogens with one attached hydrogen (secondary N) is 2. The number of carbonyl (C=O) groups is 2. The first-order chi connectivity index (χ1) is 9.20. The molecule has 2 rings (SSSR count). The van der Waals surface area contributed by atoms with E-state index in [1.54, 1.807) is 0 Å². The molecule has 0 aromatic heterocycles. The summed E-state index contributed by atoms with van der Waals surface area (Å²) in [5, 5.41) is 6.28. The first kappa shape index (κ1) is 14.3. The normalized spacial score (nSPS) is 27.3. The van der Waals surface area contributed by atoms with E-state index in [1.165, 1.54) is 0 Å². The minimum atomic E-state index is 0.115. The summed E-state index contributed by atoms with van der Waals surface area (Å²) in [5.74, 6) is 0.522. The fraction of sp³-hybridized carbons (Fsp3) is 0.857. The zero-order chi connectivity index (χ0) is 13.7. The Balaban J connectivity index is 1.82. The summed E-state index contributed by atoms with van der Waals surface area (Å²) in [7, 11) is 0. The van der Waals surface area contributed by atoms with Crippen LogP contribution in [0.3, 0.4) is 0 Å². The van der Waals surface area contributed by atoms with Crippen molar-refractivity contribution in [2.45, 2.75) is 45.1 Å². The Morgan fingerprint density at radius 2 is 2.21 bits per heavy atom. The molecule has 2 unspecified atom stereocenters. The molecule has 2 amide bonds. The number of piperidine rings is 1. The predicted molar refractivity (Wildman–Crippen MR) is 73.6 cm³/mol. The standard InChI is InChI=1S/C14H25N3O2/c1-2-4-13(18)16-12-5-3-8-17(10-12)14(19)11-6-7-15-9-11/h11-12,15H,2-10H2,1H3,(H,16,18). The maximum absolute atomic E-state index is 12.3. The Labute approximate surface area is 115 Å². The van der Waals surface area contributed by atoms with Crippen LogP contribution in [0.4, 0.5) is 0 Å². The molecule has 2 saturated heterocycles. The smallest absolute Gasteiger partial charge is 0.227 e. The Morgan fingerprint density at radius 3 is 2.89 bits per heavy atom. The molecule has 0 saturated carbocycles. The van der Waals surface area contributed by atoms with E-state index in [0.29, 0.717) is 13.0 Å². The minimum absolute atomic E-state index is 0.115. The maximum atomic E-state index is 12.3. The van der Waals surface area contributed by atoms with Gasteiger partial charge in [-0.2, -0.15) is 0 Å². The Bertz CT molecular complexity index is 327. The quantitative estimate of drug-likeness (QED) is 0.780. The molecule has 2 atom stereocenters. The predicted octanol–water partition coefficient (Wildman–Crippen LogP) is 0.503. The fourth-order valence-electron chi connectivity index (χ4n) is 2.95. The molecule has 19 heavy (non-hydrogen) atoms. The number of nitrogens with zero attached hydrogens (tertiary/aromatic N) is 1. The van der Waals surface area contributed by atoms with Gasteiger partial charge in [0, 0.05) is 32.1 Å². The van der Waals surface area contributed by atoms with Crippen molar-refractivity contribution in [2.24, 2.45) is 5.92 Å². The monoisotopic (exact) mass is 267 g/mol. The van der Waals surface area contributed by atoms with Gasteiger partial charge in [-0.05, 0) is 32.2 Å². The molecule has 2 N–H and O–H groups in total. The molecule has 0 aromatic carbocycles. The summed E-state index contributed by atoms with van der Waals surface area (Å²) in [4.78, 5) is 25.9. The molecule has 2 fully saturated rings. The van der Waals surface area contributed by atoms with Crippen molar-refractivity contribution in [2.75, 3.05) is 26.2 Å². The van der Waals surface area contributed by atoms with Crippen LogP contribution in [0.5, 0.6) is 0 Å². The lowest BCUT2D eigenvalue weighted by atomic mass is 10.0. The third-order valence-corrected chi connectivity index (χ3v) is 3.98. The van der Waals surface area contributed by atoms with Gasteiger partial charge in [0.25, 0.3) is 0 Å². The topological polar surface area (TPSA) is 61.4 Å². The molecule has 0 spiro atoms. The molecule has 5 nitrogen and oxygen atoms in total. The molecule has 0 aliphatic carbocycles. The number of hydrogen-bond acceptors (Lipinski definition) is 3. The van der Waals surface area contributed by atoms with Gasteiger partial charge in [0.2, 0.25) is 11.8 Å². The summed E-state index contributed by atoms with van der Waals surface area (Å²) in [6.45, 7) is 5.28. The molecule has 2 aliphatic heterocycles. The van der Waals surface area contributed by atoms with Crippen LogP contribution in [0.25, 0.3) is 0 Å². The summed E-state index contributed by atoms with van der Waals surface area (Å²) in [6.07, 6.45) is 4.37. The summed E-state index contributed by atoms with van der Waals surface area (Å²) >= 11 is 0. The van der Waals surface area contributed by atoms with Crippen molar-refractivity contribution in [1.29, 1.82) is 0 Å². The zero-order valence-corrected chi connectivity index (χ0v) is 11.8. The number of likely N-dealkylation sites (tertiary alicyclic amines) is 1. The average molecular weight is 267 g/mol. The third-order valence-electron chi connectivity index (χ3n) is 3.98. The lowest BCUT2D eigenvalue weighted by Crippen LogP contribution is -2.51. The van der Waals surface area contributed by atoms with E-state index in [4.69, 9.17) is 0 Å². The lowest BCUT2D eigenvalue weighted by molar-refractivity contribution is -0.137. The van der Waals surface area contributed by atoms with Gasteiger partial charge >= 0.3 is 0 Å². The van der Waals surface area contributed by atoms with Crippen LogP contribution in [0.15, 0.2) is 0 Å². The van der Waals surface area contributed by atoms with Crippen LogP contribution in [0, 0.1) is 5.92 Å². The number of hydrogen-bond donors (Lipinski definition) is 2. The molecule has 5 heteroatoms. The van der Waals surface area contributed by atoms with Crippen LogP contribution < -0.4 is 10.6 Å². The van der Waals surface area contributed by atoms with Gasteiger partial charge in [-0.1, -0.05) is 6.92 Å². The second-order valence-electron chi connectivity index (χ2n) is 5.63. The molecule has 2 heterocycles. The molecule has 0 radical (unpaired) electrons. The van der Waals surface area contributed by atoms with Gasteiger partial charge in [-0.25, -0.2) is 0 Å². The largest absolute Gasteiger partial charge is 0.352 e. The molecular weight excluding hydrogens is 242 g/mol. The van der Waals surface area contributed by atoms with Crippen LogP contribution in [0.1, 0.15) is 39.0 Å². The molecular formula is C14H25N3O2. The molecule has 2 aliphatic rings. The van der Waals surface area contributed by atoms with Crippen molar-refractivity contribution in [3.8, 4) is 0 Å². The first-order valence-electron chi connectivity index (χ1n) is 7.49. The Morgan fingerprint density at radius 1 is 1.37 bits per heavy atom. The molecule has 0 aromatic rings. The van der Waals surface area contributed by atoms with Crippen LogP contribution >= 0.6 is 0 Å². The van der Waals surface area contributed by atoms with Gasteiger partial charge in [0.1, 0.15) is 0 Å². The van der Waals surface area contributed by atoms with Gasteiger partial charge < -0.3 is 15.5 Å². The van der Waals surface area contributed by atoms with E-state index >= 15 is 0 Å². The SMILES string of the molecule is CCCC(=O)NC1CCCN(C(=O)C2CCNC2)C1. The second kappa shape index (κ2) is 6.89. The molecule has 0 bridgehead atoms. The number of rotatable bonds is 4. The number of carbonyl (C=O) groups excluding carboxylic acids is 2. The minimum Gasteiger partial charge on any atom is -0.352 e. The lowest BCUT2D eigenvalue weighted by Gasteiger charge is -2.34. The van der Waals surface area contributed by atoms with E-state index in [9.17, 15) is 9.59 Å². The van der Waals surface area contributed by atoms with Gasteiger partial charge in [0.15, 0.2) is 0 Å². The first-order valence-corrected chi connectivity index (χ1v) is 7.49. The van der Waals surface area contributed by atoms with Crippen LogP contribution in [0.2, 0.25) is 0 Å². The van der Waals surface area contributed by atoms with E-state index in [1.807, 2.05) is 11.8 Å². The Kier molecular flexibility index (Phi) is 5.19. The summed E-state index contributed by atoms with van der Waals surface area (Å²) in [5.41, 5.74) is 0.